The second-order valence-corrected chi connectivity index (χ2v) is 1.00. The number of hydrogen-bond acceptors (Lipinski definition) is 2. The van der Waals surface area contributed by atoms with Crippen LogP contribution in [0.2, 0.25) is 0 Å². The molecule has 3 heteroatoms. The van der Waals surface area contributed by atoms with Crippen LogP contribution in [-0.4, -0.2) is 13.6 Å². The Balaban J connectivity index is -0.0000000875. The molecule has 0 aliphatic heterocycles. The Morgan fingerprint density at radius 2 is 1.70 bits per heavy atom. The number of rotatable bonds is 0. The third-order valence-electron chi connectivity index (χ3n) is 0.586. The summed E-state index contributed by atoms with van der Waals surface area (Å²) in [4.78, 5) is 16.0. The minimum Gasteiger partial charge on any atom is -0.307 e. The summed E-state index contributed by atoms with van der Waals surface area (Å²) < 4.78 is 0. The van der Waals surface area contributed by atoms with Gasteiger partial charge in [-0.05, 0) is 12.5 Å². The van der Waals surface area contributed by atoms with Gasteiger partial charge in [0.2, 0.25) is 0 Å². The van der Waals surface area contributed by atoms with Crippen molar-refractivity contribution < 1.29 is 26.7 Å². The molecule has 1 radical (unpaired) electrons. The van der Waals surface area contributed by atoms with Gasteiger partial charge in [-0.2, -0.15) is 0 Å². The van der Waals surface area contributed by atoms with Gasteiger partial charge in [-0.3, -0.25) is 0 Å². The second kappa shape index (κ2) is 23.9. The Bertz CT molecular complexity index is 87.8. The van der Waals surface area contributed by atoms with E-state index >= 15 is 0 Å². The van der Waals surface area contributed by atoms with Crippen LogP contribution in [0.1, 0.15) is 6.42 Å². The van der Waals surface area contributed by atoms with E-state index in [-0.39, 0.29) is 17.1 Å². The maximum Gasteiger partial charge on any atom is 0.106 e. The molecule has 0 N–H and O–H groups in total. The van der Waals surface area contributed by atoms with Gasteiger partial charge in [-0.15, -0.1) is 0 Å². The summed E-state index contributed by atoms with van der Waals surface area (Å²) in [7, 11) is 0. The first-order valence-electron chi connectivity index (χ1n) is 2.29. The third-order valence-corrected chi connectivity index (χ3v) is 0.586. The summed E-state index contributed by atoms with van der Waals surface area (Å²) >= 11 is 0. The van der Waals surface area contributed by atoms with Gasteiger partial charge in [-0.1, -0.05) is 18.2 Å². The molecule has 0 aromatic heterocycles. The molecule has 0 aromatic rings. The van der Waals surface area contributed by atoms with E-state index in [0.717, 1.165) is 6.42 Å². The van der Waals surface area contributed by atoms with Crippen molar-refractivity contribution in [1.29, 1.82) is 0 Å². The minimum absolute atomic E-state index is 0. The van der Waals surface area contributed by atoms with Gasteiger partial charge >= 0.3 is 0 Å². The summed E-state index contributed by atoms with van der Waals surface area (Å²) in [5.74, 6) is 0. The smallest absolute Gasteiger partial charge is 0.106 e. The maximum absolute atomic E-state index is 8.00. The monoisotopic (exact) mass is 181 g/mol. The predicted octanol–water partition coefficient (Wildman–Crippen LogP) is 0.933. The number of carbonyl (C=O) groups excluding carboxylic acids is 2. The zero-order chi connectivity index (χ0) is 7.54. The van der Waals surface area contributed by atoms with Crippen molar-refractivity contribution in [1.82, 2.24) is 0 Å². The Morgan fingerprint density at radius 3 is 1.80 bits per heavy atom. The van der Waals surface area contributed by atoms with Gasteiger partial charge < -0.3 is 9.59 Å². The van der Waals surface area contributed by atoms with E-state index in [1.54, 1.807) is 0 Å². The molecule has 0 heterocycles. The predicted molar refractivity (Wildman–Crippen MR) is 35.8 cm³/mol. The van der Waals surface area contributed by atoms with Gasteiger partial charge in [0.1, 0.15) is 13.6 Å². The van der Waals surface area contributed by atoms with Crippen LogP contribution in [0, 0.1) is 6.08 Å². The fourth-order valence-electron chi connectivity index (χ4n) is 0.340. The normalized spacial score (nSPS) is 9.60. The summed E-state index contributed by atoms with van der Waals surface area (Å²) in [5.41, 5.74) is 0. The first-order chi connectivity index (χ1) is 4.50. The fraction of sp³-hybridized carbons (Fsp3) is 0.143. The van der Waals surface area contributed by atoms with Gasteiger partial charge in [-0.25, -0.2) is 0 Å². The van der Waals surface area contributed by atoms with E-state index in [2.05, 4.69) is 12.2 Å². The molecular weight excluding hydrogens is 172 g/mol. The van der Waals surface area contributed by atoms with Crippen LogP contribution in [0.5, 0.6) is 0 Å². The van der Waals surface area contributed by atoms with Crippen LogP contribution in [-0.2, 0) is 26.7 Å². The summed E-state index contributed by atoms with van der Waals surface area (Å²) in [6.45, 7) is 4.00. The molecular formula is C7H9FeO2. The fourth-order valence-corrected chi connectivity index (χ4v) is 0.340. The summed E-state index contributed by atoms with van der Waals surface area (Å²) in [6.07, 6.45) is 10.0. The largest absolute Gasteiger partial charge is 0.307 e. The topological polar surface area (TPSA) is 34.1 Å². The molecule has 0 unspecified atom stereocenters. The molecule has 0 atom stereocenters. The Hall–Kier alpha value is -0.661. The molecule has 0 bridgehead atoms. The number of carbonyl (C=O) groups is 2. The summed E-state index contributed by atoms with van der Waals surface area (Å²) in [5, 5.41) is 0. The molecule has 0 amide bonds. The van der Waals surface area contributed by atoms with Gasteiger partial charge in [0.05, 0.1) is 0 Å². The van der Waals surface area contributed by atoms with E-state index < -0.39 is 0 Å². The zero-order valence-corrected chi connectivity index (χ0v) is 6.63. The Morgan fingerprint density at radius 1 is 1.20 bits per heavy atom. The van der Waals surface area contributed by atoms with Crippen LogP contribution in [0.15, 0.2) is 18.2 Å². The third kappa shape index (κ3) is 15.7. The molecule has 1 aliphatic carbocycles. The Kier molecular flexibility index (Phi) is 38.6. The van der Waals surface area contributed by atoms with Gasteiger partial charge in [0.15, 0.2) is 0 Å². The van der Waals surface area contributed by atoms with Crippen molar-refractivity contribution >= 4 is 13.6 Å². The molecule has 0 saturated carbocycles. The van der Waals surface area contributed by atoms with Crippen molar-refractivity contribution in [3.63, 3.8) is 0 Å². The molecule has 0 fully saturated rings. The van der Waals surface area contributed by atoms with E-state index in [1.165, 1.54) is 0 Å². The molecule has 0 spiro atoms. The van der Waals surface area contributed by atoms with E-state index in [0.29, 0.717) is 0 Å². The molecule has 0 saturated heterocycles. The van der Waals surface area contributed by atoms with Crippen LogP contribution in [0.3, 0.4) is 0 Å². The molecule has 10 heavy (non-hydrogen) atoms. The van der Waals surface area contributed by atoms with E-state index in [4.69, 9.17) is 9.59 Å². The molecule has 0 aromatic carbocycles. The number of hydrogen-bond donors (Lipinski definition) is 0. The van der Waals surface area contributed by atoms with Crippen molar-refractivity contribution in [3.8, 4) is 0 Å². The van der Waals surface area contributed by atoms with Crippen LogP contribution in [0.4, 0.5) is 0 Å². The van der Waals surface area contributed by atoms with Crippen LogP contribution >= 0.6 is 0 Å². The summed E-state index contributed by atoms with van der Waals surface area (Å²) in [6, 6.07) is 0. The average molecular weight is 181 g/mol. The maximum atomic E-state index is 8.00. The molecule has 57 valence electrons. The van der Waals surface area contributed by atoms with Gasteiger partial charge in [0.25, 0.3) is 0 Å². The SMILES string of the molecule is C=O.C=O.[C]1=CC=CC1.[Fe]. The number of allylic oxidation sites excluding steroid dienone is 4. The molecule has 1 rings (SSSR count). The van der Waals surface area contributed by atoms with E-state index in [9.17, 15) is 0 Å². The standard InChI is InChI=1S/C5H5.2CH2O.Fe/c1-2-4-5-3-1;2*1-2;/h1-3H,4H2;2*1H2;. The zero-order valence-electron chi connectivity index (χ0n) is 5.52. The first-order valence-corrected chi connectivity index (χ1v) is 2.29. The van der Waals surface area contributed by atoms with E-state index in [1.807, 2.05) is 25.7 Å². The molecule has 2 nitrogen and oxygen atoms in total. The van der Waals surface area contributed by atoms with Crippen molar-refractivity contribution in [2.24, 2.45) is 0 Å². The molecule has 1 aliphatic rings. The van der Waals surface area contributed by atoms with Crippen molar-refractivity contribution in [3.05, 3.63) is 24.3 Å². The van der Waals surface area contributed by atoms with Crippen LogP contribution < -0.4 is 0 Å². The minimum atomic E-state index is 0. The van der Waals surface area contributed by atoms with Crippen molar-refractivity contribution in [2.75, 3.05) is 0 Å². The Labute approximate surface area is 71.5 Å². The van der Waals surface area contributed by atoms with Gasteiger partial charge in [0, 0.05) is 17.1 Å². The van der Waals surface area contributed by atoms with Crippen molar-refractivity contribution in [2.45, 2.75) is 6.42 Å². The first kappa shape index (κ1) is 16.2. The second-order valence-electron chi connectivity index (χ2n) is 1.00. The quantitative estimate of drug-likeness (QED) is 0.521. The average Bonchev–Trinajstić information content (AvgIpc) is 2.51. The van der Waals surface area contributed by atoms with Crippen LogP contribution in [0.25, 0.3) is 0 Å².